The predicted molar refractivity (Wildman–Crippen MR) is 153 cm³/mol. The van der Waals surface area contributed by atoms with Crippen molar-refractivity contribution in [1.29, 1.82) is 0 Å². The molecule has 0 aliphatic heterocycles. The highest BCUT2D eigenvalue weighted by Gasteiger charge is 2.17. The molecule has 0 fully saturated rings. The molecule has 0 aromatic heterocycles. The standard InChI is InChI=1S/C34H30O4/c1-3-31-28(16-11-21-38-30-19-17-25(18-20-30)22-33(34(35)36)37-4-2)23-29(26-12-7-5-8-13-26)24-32(31)27-14-9-6-10-15-27/h1,5-20,23-24,33H,4,21-22H2,2H3,(H,35,36)/t33-/m0/s1. The summed E-state index contributed by atoms with van der Waals surface area (Å²) in [5, 5.41) is 9.29. The average Bonchev–Trinajstić information content (AvgIpc) is 2.96. The van der Waals surface area contributed by atoms with Crippen LogP contribution in [-0.4, -0.2) is 30.4 Å². The molecule has 0 amide bonds. The van der Waals surface area contributed by atoms with Crippen LogP contribution in [-0.2, 0) is 16.0 Å². The van der Waals surface area contributed by atoms with Gasteiger partial charge >= 0.3 is 5.97 Å². The molecular weight excluding hydrogens is 472 g/mol. The summed E-state index contributed by atoms with van der Waals surface area (Å²) in [4.78, 5) is 11.3. The number of aliphatic carboxylic acids is 1. The van der Waals surface area contributed by atoms with E-state index in [1.165, 1.54) is 0 Å². The predicted octanol–water partition coefficient (Wildman–Crippen LogP) is 7.13. The third kappa shape index (κ3) is 6.79. The van der Waals surface area contributed by atoms with E-state index < -0.39 is 12.1 Å². The number of terminal acetylenes is 1. The molecule has 38 heavy (non-hydrogen) atoms. The first-order valence-corrected chi connectivity index (χ1v) is 12.6. The normalized spacial score (nSPS) is 11.7. The lowest BCUT2D eigenvalue weighted by Gasteiger charge is -2.13. The summed E-state index contributed by atoms with van der Waals surface area (Å²) < 4.78 is 11.2. The summed E-state index contributed by atoms with van der Waals surface area (Å²) in [5.41, 5.74) is 6.94. The van der Waals surface area contributed by atoms with E-state index in [0.717, 1.165) is 38.9 Å². The van der Waals surface area contributed by atoms with E-state index in [2.05, 4.69) is 42.3 Å². The summed E-state index contributed by atoms with van der Waals surface area (Å²) in [6.07, 6.45) is 9.40. The Morgan fingerprint density at radius 3 is 2.18 bits per heavy atom. The topological polar surface area (TPSA) is 55.8 Å². The molecule has 0 aliphatic carbocycles. The average molecular weight is 503 g/mol. The fourth-order valence-electron chi connectivity index (χ4n) is 4.27. The maximum Gasteiger partial charge on any atom is 0.333 e. The lowest BCUT2D eigenvalue weighted by atomic mass is 9.90. The lowest BCUT2D eigenvalue weighted by molar-refractivity contribution is -0.149. The van der Waals surface area contributed by atoms with Crippen LogP contribution in [0, 0.1) is 12.3 Å². The van der Waals surface area contributed by atoms with Crippen LogP contribution >= 0.6 is 0 Å². The SMILES string of the molecule is C#Cc1c(C=CCOc2ccc(C[C@H](OCC)C(=O)O)cc2)cc(-c2ccccc2)cc1-c1ccccc1. The smallest absolute Gasteiger partial charge is 0.333 e. The molecule has 0 spiro atoms. The maximum absolute atomic E-state index is 11.3. The van der Waals surface area contributed by atoms with Gasteiger partial charge in [0.05, 0.1) is 0 Å². The first kappa shape index (κ1) is 26.5. The monoisotopic (exact) mass is 502 g/mol. The molecule has 4 heteroatoms. The molecule has 0 saturated heterocycles. The second-order valence-electron chi connectivity index (χ2n) is 8.71. The van der Waals surface area contributed by atoms with Crippen LogP contribution in [0.3, 0.4) is 0 Å². The fourth-order valence-corrected chi connectivity index (χ4v) is 4.27. The lowest BCUT2D eigenvalue weighted by Crippen LogP contribution is -2.26. The van der Waals surface area contributed by atoms with Crippen molar-refractivity contribution in [3.05, 3.63) is 120 Å². The highest BCUT2D eigenvalue weighted by atomic mass is 16.5. The van der Waals surface area contributed by atoms with Crippen LogP contribution in [0.1, 0.15) is 23.6 Å². The van der Waals surface area contributed by atoms with Gasteiger partial charge in [-0.3, -0.25) is 0 Å². The summed E-state index contributed by atoms with van der Waals surface area (Å²) in [7, 11) is 0. The van der Waals surface area contributed by atoms with Crippen molar-refractivity contribution in [1.82, 2.24) is 0 Å². The minimum Gasteiger partial charge on any atom is -0.490 e. The molecule has 0 heterocycles. The zero-order valence-electron chi connectivity index (χ0n) is 21.3. The van der Waals surface area contributed by atoms with Crippen LogP contribution in [0.5, 0.6) is 5.75 Å². The summed E-state index contributed by atoms with van der Waals surface area (Å²) >= 11 is 0. The van der Waals surface area contributed by atoms with Gasteiger partial charge in [-0.05, 0) is 70.6 Å². The van der Waals surface area contributed by atoms with Gasteiger partial charge in [-0.15, -0.1) is 6.42 Å². The first-order valence-electron chi connectivity index (χ1n) is 12.6. The summed E-state index contributed by atoms with van der Waals surface area (Å²) in [5.74, 6) is 2.63. The van der Waals surface area contributed by atoms with Crippen molar-refractivity contribution in [2.75, 3.05) is 13.2 Å². The van der Waals surface area contributed by atoms with E-state index in [1.54, 1.807) is 6.92 Å². The molecule has 4 aromatic rings. The number of carbonyl (C=O) groups is 1. The number of carboxylic acids is 1. The molecule has 0 aliphatic rings. The Morgan fingerprint density at radius 2 is 1.58 bits per heavy atom. The van der Waals surface area contributed by atoms with E-state index in [4.69, 9.17) is 15.9 Å². The van der Waals surface area contributed by atoms with Crippen LogP contribution < -0.4 is 4.74 Å². The maximum atomic E-state index is 11.3. The molecule has 4 nitrogen and oxygen atoms in total. The van der Waals surface area contributed by atoms with Gasteiger partial charge in [0.2, 0.25) is 0 Å². The molecule has 4 rings (SSSR count). The number of ether oxygens (including phenoxy) is 2. The second kappa shape index (κ2) is 13.1. The van der Waals surface area contributed by atoms with Crippen molar-refractivity contribution < 1.29 is 19.4 Å². The minimum atomic E-state index is -0.963. The number of carboxylic acid groups (broad SMARTS) is 1. The number of benzene rings is 4. The zero-order valence-corrected chi connectivity index (χ0v) is 21.3. The number of hydrogen-bond acceptors (Lipinski definition) is 3. The Balaban J connectivity index is 1.52. The quantitative estimate of drug-likeness (QED) is 0.222. The van der Waals surface area contributed by atoms with Gasteiger partial charge in [-0.2, -0.15) is 0 Å². The van der Waals surface area contributed by atoms with Crippen molar-refractivity contribution in [3.63, 3.8) is 0 Å². The van der Waals surface area contributed by atoms with Gasteiger partial charge in [0, 0.05) is 18.6 Å². The molecule has 190 valence electrons. The highest BCUT2D eigenvalue weighted by Crippen LogP contribution is 2.32. The van der Waals surface area contributed by atoms with Crippen LogP contribution in [0.2, 0.25) is 0 Å². The van der Waals surface area contributed by atoms with Crippen LogP contribution in [0.4, 0.5) is 0 Å². The summed E-state index contributed by atoms with van der Waals surface area (Å²) in [6.45, 7) is 2.50. The molecule has 0 saturated carbocycles. The minimum absolute atomic E-state index is 0.305. The molecule has 0 radical (unpaired) electrons. The van der Waals surface area contributed by atoms with Gasteiger partial charge < -0.3 is 14.6 Å². The third-order valence-corrected chi connectivity index (χ3v) is 6.14. The van der Waals surface area contributed by atoms with E-state index >= 15 is 0 Å². The number of hydrogen-bond donors (Lipinski definition) is 1. The molecule has 4 aromatic carbocycles. The molecule has 1 atom stereocenters. The Labute approximate surface area is 224 Å². The zero-order chi connectivity index (χ0) is 26.7. The molecule has 0 unspecified atom stereocenters. The second-order valence-corrected chi connectivity index (χ2v) is 8.71. The fraction of sp³-hybridized carbons (Fsp3) is 0.147. The van der Waals surface area contributed by atoms with Gasteiger partial charge in [0.1, 0.15) is 12.4 Å². The van der Waals surface area contributed by atoms with Crippen LogP contribution in [0.15, 0.2) is 103 Å². The Hall–Kier alpha value is -4.59. The Kier molecular flexibility index (Phi) is 9.12. The van der Waals surface area contributed by atoms with Gasteiger partial charge in [0.15, 0.2) is 6.10 Å². The van der Waals surface area contributed by atoms with E-state index in [9.17, 15) is 9.90 Å². The van der Waals surface area contributed by atoms with Crippen molar-refractivity contribution >= 4 is 12.0 Å². The Bertz CT molecular complexity index is 1420. The number of rotatable bonds is 11. The van der Waals surface area contributed by atoms with Gasteiger partial charge in [-0.1, -0.05) is 84.8 Å². The van der Waals surface area contributed by atoms with Crippen molar-refractivity contribution in [2.45, 2.75) is 19.4 Å². The highest BCUT2D eigenvalue weighted by molar-refractivity contribution is 5.83. The molecule has 0 bridgehead atoms. The van der Waals surface area contributed by atoms with Gasteiger partial charge in [-0.25, -0.2) is 4.79 Å². The van der Waals surface area contributed by atoms with E-state index in [1.807, 2.05) is 72.8 Å². The third-order valence-electron chi connectivity index (χ3n) is 6.14. The van der Waals surface area contributed by atoms with Crippen LogP contribution in [0.25, 0.3) is 28.3 Å². The van der Waals surface area contributed by atoms with Crippen molar-refractivity contribution in [3.8, 4) is 40.3 Å². The molecular formula is C34H30O4. The van der Waals surface area contributed by atoms with E-state index in [0.29, 0.717) is 25.4 Å². The largest absolute Gasteiger partial charge is 0.490 e. The molecule has 1 N–H and O–H groups in total. The van der Waals surface area contributed by atoms with E-state index in [-0.39, 0.29) is 0 Å². The Morgan fingerprint density at radius 1 is 0.921 bits per heavy atom. The summed E-state index contributed by atoms with van der Waals surface area (Å²) in [6, 6.07) is 32.1. The van der Waals surface area contributed by atoms with Crippen molar-refractivity contribution in [2.24, 2.45) is 0 Å². The first-order chi connectivity index (χ1) is 18.6. The van der Waals surface area contributed by atoms with Gasteiger partial charge in [0.25, 0.3) is 0 Å².